The van der Waals surface area contributed by atoms with Gasteiger partial charge in [0.05, 0.1) is 11.5 Å². The molecule has 0 aliphatic rings. The molecule has 0 atom stereocenters. The summed E-state index contributed by atoms with van der Waals surface area (Å²) in [5.41, 5.74) is -0.427. The van der Waals surface area contributed by atoms with E-state index >= 15 is 0 Å². The number of thioether (sulfide) groups is 1. The summed E-state index contributed by atoms with van der Waals surface area (Å²) in [6, 6.07) is 2.28. The molecule has 17 heavy (non-hydrogen) atoms. The van der Waals surface area contributed by atoms with Crippen LogP contribution >= 0.6 is 11.8 Å². The molecule has 5 nitrogen and oxygen atoms in total. The Morgan fingerprint density at radius 2 is 2.29 bits per heavy atom. The standard InChI is InChI=1S/C11H18N4OS/c1-4-15-9(16)13-14-10(15)17-7-5-6-11(2,3)8-12/h4-7H2,1-3H3,(H,13,16). The molecule has 0 bridgehead atoms. The lowest BCUT2D eigenvalue weighted by Gasteiger charge is -2.13. The summed E-state index contributed by atoms with van der Waals surface area (Å²) in [6.45, 7) is 6.42. The minimum atomic E-state index is -0.267. The third-order valence-corrected chi connectivity index (χ3v) is 3.58. The van der Waals surface area contributed by atoms with Crippen molar-refractivity contribution in [3.05, 3.63) is 10.5 Å². The predicted molar refractivity (Wildman–Crippen MR) is 67.9 cm³/mol. The van der Waals surface area contributed by atoms with Gasteiger partial charge in [0.2, 0.25) is 0 Å². The minimum Gasteiger partial charge on any atom is -0.270 e. The Kier molecular flexibility index (Phi) is 4.82. The summed E-state index contributed by atoms with van der Waals surface area (Å²) in [5.74, 6) is 0.870. The van der Waals surface area contributed by atoms with Crippen LogP contribution in [0.4, 0.5) is 0 Å². The lowest BCUT2D eigenvalue weighted by atomic mass is 9.90. The summed E-state index contributed by atoms with van der Waals surface area (Å²) in [6.07, 6.45) is 1.80. The minimum absolute atomic E-state index is 0.160. The number of hydrogen-bond donors (Lipinski definition) is 1. The van der Waals surface area contributed by atoms with E-state index in [4.69, 9.17) is 5.26 Å². The van der Waals surface area contributed by atoms with Crippen molar-refractivity contribution in [3.63, 3.8) is 0 Å². The Morgan fingerprint density at radius 3 is 2.88 bits per heavy atom. The van der Waals surface area contributed by atoms with E-state index in [-0.39, 0.29) is 11.1 Å². The van der Waals surface area contributed by atoms with Crippen molar-refractivity contribution in [2.45, 2.75) is 45.3 Å². The first-order valence-electron chi connectivity index (χ1n) is 5.69. The molecule has 0 saturated heterocycles. The molecule has 0 aromatic carbocycles. The van der Waals surface area contributed by atoms with E-state index in [1.54, 1.807) is 16.3 Å². The van der Waals surface area contributed by atoms with E-state index in [0.717, 1.165) is 23.8 Å². The third-order valence-electron chi connectivity index (χ3n) is 2.52. The maximum Gasteiger partial charge on any atom is 0.343 e. The predicted octanol–water partition coefficient (Wildman–Crippen LogP) is 2.01. The lowest BCUT2D eigenvalue weighted by molar-refractivity contribution is 0.447. The van der Waals surface area contributed by atoms with Gasteiger partial charge in [-0.1, -0.05) is 11.8 Å². The van der Waals surface area contributed by atoms with Crippen LogP contribution < -0.4 is 5.69 Å². The van der Waals surface area contributed by atoms with Crippen LogP contribution in [-0.2, 0) is 6.54 Å². The van der Waals surface area contributed by atoms with Gasteiger partial charge in [0, 0.05) is 12.3 Å². The highest BCUT2D eigenvalue weighted by atomic mass is 32.2. The van der Waals surface area contributed by atoms with Crippen molar-refractivity contribution in [1.29, 1.82) is 5.26 Å². The van der Waals surface area contributed by atoms with Gasteiger partial charge in [0.15, 0.2) is 5.16 Å². The number of nitrogens with zero attached hydrogens (tertiary/aromatic N) is 3. The first-order chi connectivity index (χ1) is 8.00. The van der Waals surface area contributed by atoms with Crippen LogP contribution in [-0.4, -0.2) is 20.5 Å². The molecule has 6 heteroatoms. The van der Waals surface area contributed by atoms with Gasteiger partial charge in [0.25, 0.3) is 0 Å². The molecule has 0 radical (unpaired) electrons. The number of aromatic amines is 1. The second-order valence-corrected chi connectivity index (χ2v) is 5.57. The zero-order valence-electron chi connectivity index (χ0n) is 10.5. The van der Waals surface area contributed by atoms with Gasteiger partial charge in [0.1, 0.15) is 0 Å². The van der Waals surface area contributed by atoms with E-state index in [1.165, 1.54) is 0 Å². The largest absolute Gasteiger partial charge is 0.343 e. The Hall–Kier alpha value is -1.22. The molecule has 1 N–H and O–H groups in total. The topological polar surface area (TPSA) is 74.5 Å². The summed E-state index contributed by atoms with van der Waals surface area (Å²) >= 11 is 1.55. The first kappa shape index (κ1) is 13.8. The van der Waals surface area contributed by atoms with Gasteiger partial charge in [-0.3, -0.25) is 4.57 Å². The highest BCUT2D eigenvalue weighted by Crippen LogP contribution is 2.23. The molecule has 0 aliphatic carbocycles. The normalized spacial score (nSPS) is 11.4. The first-order valence-corrected chi connectivity index (χ1v) is 6.68. The van der Waals surface area contributed by atoms with Crippen molar-refractivity contribution in [2.24, 2.45) is 5.41 Å². The van der Waals surface area contributed by atoms with Crippen LogP contribution in [0.5, 0.6) is 0 Å². The molecule has 0 saturated carbocycles. The monoisotopic (exact) mass is 254 g/mol. The van der Waals surface area contributed by atoms with Crippen LogP contribution in [0.25, 0.3) is 0 Å². The zero-order valence-corrected chi connectivity index (χ0v) is 11.3. The smallest absolute Gasteiger partial charge is 0.270 e. The maximum absolute atomic E-state index is 11.3. The second kappa shape index (κ2) is 5.92. The molecule has 0 amide bonds. The summed E-state index contributed by atoms with van der Waals surface area (Å²) in [7, 11) is 0. The molecule has 1 rings (SSSR count). The second-order valence-electron chi connectivity index (χ2n) is 4.50. The van der Waals surface area contributed by atoms with Crippen molar-refractivity contribution >= 4 is 11.8 Å². The fourth-order valence-corrected chi connectivity index (χ4v) is 2.38. The molecule has 0 aliphatic heterocycles. The summed E-state index contributed by atoms with van der Waals surface area (Å²) in [5, 5.41) is 16.0. The van der Waals surface area contributed by atoms with Gasteiger partial charge in [-0.15, -0.1) is 5.10 Å². The zero-order chi connectivity index (χ0) is 12.9. The van der Waals surface area contributed by atoms with Crippen molar-refractivity contribution in [2.75, 3.05) is 5.75 Å². The number of nitriles is 1. The Morgan fingerprint density at radius 1 is 1.59 bits per heavy atom. The van der Waals surface area contributed by atoms with E-state index in [1.807, 2.05) is 20.8 Å². The molecule has 1 aromatic rings. The number of rotatable bonds is 6. The molecule has 94 valence electrons. The van der Waals surface area contributed by atoms with Crippen LogP contribution in [0.2, 0.25) is 0 Å². The highest BCUT2D eigenvalue weighted by Gasteiger charge is 2.16. The SMILES string of the molecule is CCn1c(SCCCC(C)(C)C#N)n[nH]c1=O. The van der Waals surface area contributed by atoms with Crippen LogP contribution in [0.15, 0.2) is 9.95 Å². The molecule has 0 fully saturated rings. The van der Waals surface area contributed by atoms with Gasteiger partial charge >= 0.3 is 5.69 Å². The van der Waals surface area contributed by atoms with Crippen molar-refractivity contribution in [3.8, 4) is 6.07 Å². The molecule has 1 heterocycles. The van der Waals surface area contributed by atoms with Gasteiger partial charge in [-0.05, 0) is 33.6 Å². The Bertz CT molecular complexity index is 455. The number of aromatic nitrogens is 3. The van der Waals surface area contributed by atoms with E-state index in [0.29, 0.717) is 6.54 Å². The average Bonchev–Trinajstić information content (AvgIpc) is 2.65. The number of hydrogen-bond acceptors (Lipinski definition) is 4. The van der Waals surface area contributed by atoms with Crippen molar-refractivity contribution in [1.82, 2.24) is 14.8 Å². The number of H-pyrrole nitrogens is 1. The third kappa shape index (κ3) is 3.93. The van der Waals surface area contributed by atoms with E-state index in [9.17, 15) is 4.79 Å². The molecular weight excluding hydrogens is 236 g/mol. The Labute approximate surface area is 105 Å². The Balaban J connectivity index is 2.42. The van der Waals surface area contributed by atoms with Gasteiger partial charge in [-0.2, -0.15) is 5.26 Å². The number of nitrogens with one attached hydrogen (secondary N) is 1. The van der Waals surface area contributed by atoms with Crippen LogP contribution in [0, 0.1) is 16.7 Å². The van der Waals surface area contributed by atoms with Gasteiger partial charge in [-0.25, -0.2) is 9.89 Å². The van der Waals surface area contributed by atoms with E-state index in [2.05, 4.69) is 16.3 Å². The van der Waals surface area contributed by atoms with Crippen LogP contribution in [0.1, 0.15) is 33.6 Å². The van der Waals surface area contributed by atoms with Crippen molar-refractivity contribution < 1.29 is 0 Å². The average molecular weight is 254 g/mol. The van der Waals surface area contributed by atoms with Crippen LogP contribution in [0.3, 0.4) is 0 Å². The lowest BCUT2D eigenvalue weighted by Crippen LogP contribution is -2.16. The summed E-state index contributed by atoms with van der Waals surface area (Å²) in [4.78, 5) is 11.3. The molecule has 0 spiro atoms. The molecule has 1 aromatic heterocycles. The fourth-order valence-electron chi connectivity index (χ4n) is 1.43. The highest BCUT2D eigenvalue weighted by molar-refractivity contribution is 7.99. The van der Waals surface area contributed by atoms with Gasteiger partial charge < -0.3 is 0 Å². The maximum atomic E-state index is 11.3. The quantitative estimate of drug-likeness (QED) is 0.622. The van der Waals surface area contributed by atoms with E-state index < -0.39 is 0 Å². The fraction of sp³-hybridized carbons (Fsp3) is 0.727. The molecular formula is C11H18N4OS. The molecule has 0 unspecified atom stereocenters. The summed E-state index contributed by atoms with van der Waals surface area (Å²) < 4.78 is 1.61.